The van der Waals surface area contributed by atoms with E-state index in [1.165, 1.54) is 7.11 Å². The van der Waals surface area contributed by atoms with Crippen LogP contribution < -0.4 is 5.73 Å². The number of nitrogens with one attached hydrogen (secondary N) is 2. The van der Waals surface area contributed by atoms with Gasteiger partial charge >= 0.3 is 5.97 Å². The van der Waals surface area contributed by atoms with Gasteiger partial charge in [-0.3, -0.25) is 0 Å². The lowest BCUT2D eigenvalue weighted by Gasteiger charge is -2.00. The van der Waals surface area contributed by atoms with E-state index in [9.17, 15) is 4.79 Å². The van der Waals surface area contributed by atoms with Gasteiger partial charge in [0.1, 0.15) is 23.0 Å². The van der Waals surface area contributed by atoms with Crippen LogP contribution in [0.1, 0.15) is 48.1 Å². The summed E-state index contributed by atoms with van der Waals surface area (Å²) in [5.41, 5.74) is 10.8. The third-order valence-corrected chi connectivity index (χ3v) is 4.47. The minimum atomic E-state index is -0.371. The van der Waals surface area contributed by atoms with Crippen molar-refractivity contribution in [3.05, 3.63) is 53.1 Å². The topological polar surface area (TPSA) is 109 Å². The van der Waals surface area contributed by atoms with Gasteiger partial charge in [-0.2, -0.15) is 0 Å². The third-order valence-electron chi connectivity index (χ3n) is 4.47. The molecule has 7 nitrogen and oxygen atoms in total. The van der Waals surface area contributed by atoms with Crippen LogP contribution in [0.5, 0.6) is 0 Å². The molecule has 1 aliphatic carbocycles. The first-order chi connectivity index (χ1) is 13.0. The number of allylic oxidation sites excluding steroid dienone is 2. The number of imidazole rings is 1. The van der Waals surface area contributed by atoms with Crippen LogP contribution in [0.4, 0.5) is 0 Å². The quantitative estimate of drug-likeness (QED) is 0.366. The Kier molecular flexibility index (Phi) is 4.07. The zero-order valence-corrected chi connectivity index (χ0v) is 15.5. The minimum absolute atomic E-state index is 0.223. The number of ether oxygens (including phenoxy) is 1. The summed E-state index contributed by atoms with van der Waals surface area (Å²) in [5, 5.41) is 0.970. The molecule has 138 valence electrons. The van der Waals surface area contributed by atoms with Crippen LogP contribution in [0.3, 0.4) is 0 Å². The summed E-state index contributed by atoms with van der Waals surface area (Å²) < 4.78 is 4.79. The first kappa shape index (κ1) is 17.1. The number of benzene rings is 1. The Labute approximate surface area is 156 Å². The zero-order chi connectivity index (χ0) is 19.1. The number of carbonyl (C=O) groups excluding carboxylic acids is 1. The van der Waals surface area contributed by atoms with Crippen molar-refractivity contribution in [1.29, 1.82) is 0 Å². The minimum Gasteiger partial charge on any atom is -0.465 e. The summed E-state index contributed by atoms with van der Waals surface area (Å²) in [6.07, 6.45) is 2.90. The van der Waals surface area contributed by atoms with Gasteiger partial charge in [-0.1, -0.05) is 26.0 Å². The molecule has 4 N–H and O–H groups in total. The maximum Gasteiger partial charge on any atom is 0.337 e. The van der Waals surface area contributed by atoms with Gasteiger partial charge in [-0.15, -0.1) is 0 Å². The lowest BCUT2D eigenvalue weighted by molar-refractivity contribution is 0.0601. The van der Waals surface area contributed by atoms with Crippen molar-refractivity contribution in [2.75, 3.05) is 7.11 Å². The van der Waals surface area contributed by atoms with Gasteiger partial charge < -0.3 is 20.4 Å². The smallest absolute Gasteiger partial charge is 0.337 e. The van der Waals surface area contributed by atoms with Crippen LogP contribution >= 0.6 is 0 Å². The summed E-state index contributed by atoms with van der Waals surface area (Å²) in [4.78, 5) is 27.6. The van der Waals surface area contributed by atoms with Gasteiger partial charge in [0.05, 0.1) is 18.4 Å². The van der Waals surface area contributed by atoms with Crippen molar-refractivity contribution in [1.82, 2.24) is 15.0 Å². The number of H-pyrrole nitrogens is 2. The average Bonchev–Trinajstić information content (AvgIpc) is 3.20. The molecule has 0 amide bonds. The van der Waals surface area contributed by atoms with E-state index in [2.05, 4.69) is 28.8 Å². The van der Waals surface area contributed by atoms with Crippen LogP contribution in [-0.4, -0.2) is 33.9 Å². The van der Waals surface area contributed by atoms with E-state index in [0.29, 0.717) is 17.1 Å². The molecule has 0 bridgehead atoms. The number of hydrogen-bond donors (Lipinski definition) is 3. The number of aliphatic imine (C=N–C) groups is 1. The molecule has 1 aromatic carbocycles. The number of amidine groups is 1. The number of nitrogens with two attached hydrogens (primary N) is 1. The van der Waals surface area contributed by atoms with Gasteiger partial charge in [0.25, 0.3) is 0 Å². The Morgan fingerprint density at radius 3 is 2.74 bits per heavy atom. The number of fused-ring (bicyclic) bond motifs is 1. The van der Waals surface area contributed by atoms with Crippen molar-refractivity contribution in [3.63, 3.8) is 0 Å². The van der Waals surface area contributed by atoms with E-state index < -0.39 is 0 Å². The Hall–Kier alpha value is -3.35. The van der Waals surface area contributed by atoms with Gasteiger partial charge in [-0.25, -0.2) is 14.8 Å². The first-order valence-electron chi connectivity index (χ1n) is 8.81. The third kappa shape index (κ3) is 3.23. The summed E-state index contributed by atoms with van der Waals surface area (Å²) in [7, 11) is 1.37. The Balaban J connectivity index is 1.82. The molecule has 0 saturated heterocycles. The van der Waals surface area contributed by atoms with Crippen LogP contribution in [0.25, 0.3) is 22.3 Å². The normalized spacial score (nSPS) is 13.9. The highest BCUT2D eigenvalue weighted by molar-refractivity contribution is 6.03. The molecule has 2 aromatic heterocycles. The van der Waals surface area contributed by atoms with E-state index in [-0.39, 0.29) is 11.9 Å². The lowest BCUT2D eigenvalue weighted by atomic mass is 10.1. The maximum absolute atomic E-state index is 11.8. The van der Waals surface area contributed by atoms with Gasteiger partial charge in [0.2, 0.25) is 0 Å². The van der Waals surface area contributed by atoms with E-state index in [0.717, 1.165) is 40.2 Å². The van der Waals surface area contributed by atoms with Crippen molar-refractivity contribution in [3.8, 4) is 11.4 Å². The lowest BCUT2D eigenvalue weighted by Crippen LogP contribution is -2.15. The largest absolute Gasteiger partial charge is 0.465 e. The Bertz CT molecular complexity index is 1100. The van der Waals surface area contributed by atoms with Gasteiger partial charge in [0, 0.05) is 28.9 Å². The van der Waals surface area contributed by atoms with Crippen LogP contribution in [0.2, 0.25) is 0 Å². The van der Waals surface area contributed by atoms with Crippen molar-refractivity contribution < 1.29 is 9.53 Å². The number of carbonyl (C=O) groups is 1. The molecule has 7 heteroatoms. The highest BCUT2D eigenvalue weighted by Crippen LogP contribution is 2.29. The van der Waals surface area contributed by atoms with Crippen molar-refractivity contribution >= 4 is 22.7 Å². The Morgan fingerprint density at radius 1 is 1.30 bits per heavy atom. The molecule has 2 heterocycles. The molecule has 0 radical (unpaired) electrons. The number of hydrogen-bond acceptors (Lipinski definition) is 4. The molecule has 4 rings (SSSR count). The molecule has 0 fully saturated rings. The summed E-state index contributed by atoms with van der Waals surface area (Å²) in [5.74, 6) is 1.12. The second-order valence-electron chi connectivity index (χ2n) is 6.87. The Morgan fingerprint density at radius 2 is 2.07 bits per heavy atom. The first-order valence-corrected chi connectivity index (χ1v) is 8.81. The standard InChI is InChI=1S/C20H21N5O2/c1-10(2)19-24-16(17(25-19)18(21)22-13-6-7-13)15-8-11-4-5-12(20(26)27-3)9-14(11)23-15/h4-6,8-10,23H,7H2,1-3H3,(H2,21,22)(H,24,25). The van der Waals surface area contributed by atoms with E-state index in [1.54, 1.807) is 12.1 Å². The van der Waals surface area contributed by atoms with E-state index >= 15 is 0 Å². The number of aromatic amines is 2. The van der Waals surface area contributed by atoms with Crippen LogP contribution in [-0.2, 0) is 4.74 Å². The maximum atomic E-state index is 11.8. The fourth-order valence-electron chi connectivity index (χ4n) is 2.89. The average molecular weight is 363 g/mol. The second-order valence-corrected chi connectivity index (χ2v) is 6.87. The fraction of sp³-hybridized carbons (Fsp3) is 0.250. The van der Waals surface area contributed by atoms with Crippen molar-refractivity contribution in [2.45, 2.75) is 26.2 Å². The van der Waals surface area contributed by atoms with E-state index in [1.807, 2.05) is 18.2 Å². The molecule has 1 aliphatic rings. The van der Waals surface area contributed by atoms with Crippen LogP contribution in [0, 0.1) is 0 Å². The number of nitrogens with zero attached hydrogens (tertiary/aromatic N) is 2. The number of aromatic nitrogens is 3. The van der Waals surface area contributed by atoms with Gasteiger partial charge in [0.15, 0.2) is 0 Å². The fourth-order valence-corrected chi connectivity index (χ4v) is 2.89. The highest BCUT2D eigenvalue weighted by Gasteiger charge is 2.20. The molecular weight excluding hydrogens is 342 g/mol. The molecular formula is C20H21N5O2. The van der Waals surface area contributed by atoms with E-state index in [4.69, 9.17) is 15.5 Å². The predicted molar refractivity (Wildman–Crippen MR) is 105 cm³/mol. The summed E-state index contributed by atoms with van der Waals surface area (Å²) >= 11 is 0. The SMILES string of the molecule is COC(=O)c1ccc2cc(-c3nc(C(C)C)[nH]c3C(N)=NC3=CC3)[nH]c2c1. The monoisotopic (exact) mass is 363 g/mol. The molecule has 0 atom stereocenters. The number of methoxy groups -OCH3 is 1. The zero-order valence-electron chi connectivity index (χ0n) is 15.5. The molecule has 0 unspecified atom stereocenters. The molecule has 3 aromatic rings. The summed E-state index contributed by atoms with van der Waals surface area (Å²) in [6.45, 7) is 4.13. The molecule has 27 heavy (non-hydrogen) atoms. The highest BCUT2D eigenvalue weighted by atomic mass is 16.5. The predicted octanol–water partition coefficient (Wildman–Crippen LogP) is 3.46. The second kappa shape index (κ2) is 6.42. The number of rotatable bonds is 5. The summed E-state index contributed by atoms with van der Waals surface area (Å²) in [6, 6.07) is 7.38. The molecule has 0 spiro atoms. The number of esters is 1. The molecule has 0 saturated carbocycles. The van der Waals surface area contributed by atoms with Crippen molar-refractivity contribution in [2.24, 2.45) is 10.7 Å². The van der Waals surface area contributed by atoms with Gasteiger partial charge in [-0.05, 0) is 18.2 Å². The van der Waals surface area contributed by atoms with Crippen LogP contribution in [0.15, 0.2) is 41.0 Å². The molecule has 0 aliphatic heterocycles.